The summed E-state index contributed by atoms with van der Waals surface area (Å²) in [5.74, 6) is 1.81. The number of fused-ring (bicyclic) bond motifs is 3. The van der Waals surface area contributed by atoms with Crippen molar-refractivity contribution in [2.75, 3.05) is 13.7 Å². The molecule has 1 aliphatic rings. The predicted molar refractivity (Wildman–Crippen MR) is 116 cm³/mol. The largest absolute Gasteiger partial charge is 0.497 e. The Kier molecular flexibility index (Phi) is 5.72. The third-order valence-corrected chi connectivity index (χ3v) is 5.87. The van der Waals surface area contributed by atoms with Crippen molar-refractivity contribution in [3.63, 3.8) is 0 Å². The van der Waals surface area contributed by atoms with Crippen LogP contribution in [0.4, 0.5) is 5.13 Å². The van der Waals surface area contributed by atoms with Crippen molar-refractivity contribution in [2.24, 2.45) is 4.99 Å². The minimum atomic E-state index is 0.766. The Morgan fingerprint density at radius 2 is 1.93 bits per heavy atom. The maximum absolute atomic E-state index is 5.71. The first-order valence-electron chi connectivity index (χ1n) is 9.70. The van der Waals surface area contributed by atoms with Crippen molar-refractivity contribution < 1.29 is 9.47 Å². The molecule has 28 heavy (non-hydrogen) atoms. The van der Waals surface area contributed by atoms with Crippen LogP contribution in [0.2, 0.25) is 0 Å². The molecular formula is C23H24N2O2S. The molecule has 0 amide bonds. The Bertz CT molecular complexity index is 977. The number of aliphatic imine (C=N–C) groups is 1. The number of aryl methyl sites for hydroxylation is 2. The van der Waals surface area contributed by atoms with E-state index < -0.39 is 0 Å². The highest BCUT2D eigenvalue weighted by Gasteiger charge is 2.21. The molecule has 1 aliphatic carbocycles. The third-order valence-electron chi connectivity index (χ3n) is 4.85. The molecule has 5 heteroatoms. The number of benzene rings is 2. The van der Waals surface area contributed by atoms with Gasteiger partial charge in [-0.2, -0.15) is 0 Å². The van der Waals surface area contributed by atoms with Gasteiger partial charge in [-0.05, 0) is 72.9 Å². The van der Waals surface area contributed by atoms with Crippen LogP contribution < -0.4 is 9.47 Å². The van der Waals surface area contributed by atoms with E-state index >= 15 is 0 Å². The van der Waals surface area contributed by atoms with Gasteiger partial charge < -0.3 is 9.47 Å². The monoisotopic (exact) mass is 392 g/mol. The molecule has 0 fully saturated rings. The molecule has 0 aliphatic heterocycles. The number of thiazole rings is 1. The van der Waals surface area contributed by atoms with E-state index in [1.807, 2.05) is 36.5 Å². The molecular weight excluding hydrogens is 368 g/mol. The molecule has 1 aromatic heterocycles. The van der Waals surface area contributed by atoms with Gasteiger partial charge in [0.15, 0.2) is 0 Å². The van der Waals surface area contributed by atoms with Gasteiger partial charge in [-0.1, -0.05) is 24.7 Å². The molecule has 3 aromatic rings. The molecule has 0 atom stereocenters. The maximum atomic E-state index is 5.71. The number of hydrogen-bond donors (Lipinski definition) is 0. The van der Waals surface area contributed by atoms with Crippen molar-refractivity contribution in [3.05, 3.63) is 58.5 Å². The number of rotatable bonds is 7. The van der Waals surface area contributed by atoms with E-state index in [0.717, 1.165) is 60.2 Å². The summed E-state index contributed by atoms with van der Waals surface area (Å²) in [4.78, 5) is 10.7. The lowest BCUT2D eigenvalue weighted by molar-refractivity contribution is 0.309. The Labute approximate surface area is 169 Å². The van der Waals surface area contributed by atoms with Gasteiger partial charge in [0.1, 0.15) is 11.5 Å². The molecule has 0 saturated heterocycles. The van der Waals surface area contributed by atoms with E-state index in [1.54, 1.807) is 18.4 Å². The molecule has 2 aromatic carbocycles. The van der Waals surface area contributed by atoms with E-state index in [0.29, 0.717) is 0 Å². The number of aromatic nitrogens is 1. The second-order valence-electron chi connectivity index (χ2n) is 6.82. The van der Waals surface area contributed by atoms with E-state index in [9.17, 15) is 0 Å². The van der Waals surface area contributed by atoms with Gasteiger partial charge in [0.05, 0.1) is 19.4 Å². The van der Waals surface area contributed by atoms with Gasteiger partial charge in [-0.3, -0.25) is 0 Å². The van der Waals surface area contributed by atoms with Crippen LogP contribution in [0.25, 0.3) is 11.3 Å². The van der Waals surface area contributed by atoms with Crippen molar-refractivity contribution in [1.29, 1.82) is 0 Å². The summed E-state index contributed by atoms with van der Waals surface area (Å²) in [5.41, 5.74) is 4.61. The quantitative estimate of drug-likeness (QED) is 0.374. The molecule has 0 saturated carbocycles. The molecule has 0 N–H and O–H groups in total. The molecule has 0 unspecified atom stereocenters. The lowest BCUT2D eigenvalue weighted by Gasteiger charge is -2.15. The fraction of sp³-hybridized carbons (Fsp3) is 0.304. The topological polar surface area (TPSA) is 43.7 Å². The molecule has 4 rings (SSSR count). The van der Waals surface area contributed by atoms with Crippen LogP contribution in [0, 0.1) is 0 Å². The summed E-state index contributed by atoms with van der Waals surface area (Å²) < 4.78 is 11.1. The Balaban J connectivity index is 1.48. The summed E-state index contributed by atoms with van der Waals surface area (Å²) in [5, 5.41) is 0.803. The van der Waals surface area contributed by atoms with Crippen LogP contribution in [0.5, 0.6) is 11.5 Å². The second-order valence-corrected chi connectivity index (χ2v) is 7.88. The summed E-state index contributed by atoms with van der Waals surface area (Å²) in [6, 6.07) is 14.3. The minimum Gasteiger partial charge on any atom is -0.497 e. The fourth-order valence-electron chi connectivity index (χ4n) is 3.27. The number of hydrogen-bond acceptors (Lipinski definition) is 5. The van der Waals surface area contributed by atoms with E-state index in [2.05, 4.69) is 24.0 Å². The Morgan fingerprint density at radius 1 is 1.11 bits per heavy atom. The summed E-state index contributed by atoms with van der Waals surface area (Å²) >= 11 is 1.68. The highest BCUT2D eigenvalue weighted by molar-refractivity contribution is 7.15. The van der Waals surface area contributed by atoms with Crippen LogP contribution in [0.1, 0.15) is 35.8 Å². The van der Waals surface area contributed by atoms with E-state index in [1.165, 1.54) is 16.0 Å². The van der Waals surface area contributed by atoms with Crippen LogP contribution in [-0.4, -0.2) is 24.9 Å². The van der Waals surface area contributed by atoms with Crippen LogP contribution >= 0.6 is 11.3 Å². The average Bonchev–Trinajstić information content (AvgIpc) is 3.16. The Morgan fingerprint density at radius 3 is 2.71 bits per heavy atom. The molecule has 144 valence electrons. The zero-order valence-corrected chi connectivity index (χ0v) is 17.1. The molecule has 4 nitrogen and oxygen atoms in total. The summed E-state index contributed by atoms with van der Waals surface area (Å²) in [7, 11) is 1.70. The SMILES string of the molecule is CCCCOc1ccc(C=Nc2nc3c(s2)CCc2cc(OC)ccc2-3)cc1. The highest BCUT2D eigenvalue weighted by Crippen LogP contribution is 2.40. The molecule has 0 bridgehead atoms. The first-order valence-corrected chi connectivity index (χ1v) is 10.5. The zero-order valence-electron chi connectivity index (χ0n) is 16.3. The third kappa shape index (κ3) is 4.09. The highest BCUT2D eigenvalue weighted by atomic mass is 32.1. The standard InChI is InChI=1S/C23H24N2O2S/c1-3-4-13-27-18-8-5-16(6-9-18)15-24-23-25-22-20-11-10-19(26-2)14-17(20)7-12-21(22)28-23/h5-6,8-11,14-15H,3-4,7,12-13H2,1-2H3. The van der Waals surface area contributed by atoms with Gasteiger partial charge in [-0.15, -0.1) is 0 Å². The number of methoxy groups -OCH3 is 1. The van der Waals surface area contributed by atoms with Crippen LogP contribution in [-0.2, 0) is 12.8 Å². The van der Waals surface area contributed by atoms with Crippen molar-refractivity contribution in [2.45, 2.75) is 32.6 Å². The number of unbranched alkanes of at least 4 members (excludes halogenated alkanes) is 1. The molecule has 0 radical (unpaired) electrons. The Hall–Kier alpha value is -2.66. The van der Waals surface area contributed by atoms with Gasteiger partial charge in [-0.25, -0.2) is 9.98 Å². The van der Waals surface area contributed by atoms with Crippen LogP contribution in [0.15, 0.2) is 47.5 Å². The van der Waals surface area contributed by atoms with E-state index in [4.69, 9.17) is 14.5 Å². The summed E-state index contributed by atoms with van der Waals surface area (Å²) in [6.45, 7) is 2.93. The summed E-state index contributed by atoms with van der Waals surface area (Å²) in [6.07, 6.45) is 6.11. The van der Waals surface area contributed by atoms with Crippen molar-refractivity contribution in [3.8, 4) is 22.8 Å². The van der Waals surface area contributed by atoms with Gasteiger partial charge in [0, 0.05) is 16.7 Å². The predicted octanol–water partition coefficient (Wildman–Crippen LogP) is 5.85. The smallest absolute Gasteiger partial charge is 0.209 e. The first-order chi connectivity index (χ1) is 13.8. The second kappa shape index (κ2) is 8.57. The average molecular weight is 393 g/mol. The molecule has 0 spiro atoms. The number of ether oxygens (including phenoxy) is 2. The zero-order chi connectivity index (χ0) is 19.3. The van der Waals surface area contributed by atoms with Gasteiger partial charge >= 0.3 is 0 Å². The number of nitrogens with zero attached hydrogens (tertiary/aromatic N) is 2. The van der Waals surface area contributed by atoms with E-state index in [-0.39, 0.29) is 0 Å². The van der Waals surface area contributed by atoms with Crippen molar-refractivity contribution in [1.82, 2.24) is 4.98 Å². The van der Waals surface area contributed by atoms with Crippen LogP contribution in [0.3, 0.4) is 0 Å². The lowest BCUT2D eigenvalue weighted by atomic mass is 9.93. The first kappa shape index (κ1) is 18.7. The molecule has 1 heterocycles. The maximum Gasteiger partial charge on any atom is 0.209 e. The van der Waals surface area contributed by atoms with Crippen molar-refractivity contribution >= 4 is 22.7 Å². The normalized spacial score (nSPS) is 12.6. The van der Waals surface area contributed by atoms with Gasteiger partial charge in [0.25, 0.3) is 0 Å². The fourth-order valence-corrected chi connectivity index (χ4v) is 4.19. The minimum absolute atomic E-state index is 0.766. The van der Waals surface area contributed by atoms with Gasteiger partial charge in [0.2, 0.25) is 5.13 Å². The lowest BCUT2D eigenvalue weighted by Crippen LogP contribution is -2.02.